The number of amides is 1. The van der Waals surface area contributed by atoms with Crippen LogP contribution in [0, 0.1) is 11.8 Å². The van der Waals surface area contributed by atoms with Gasteiger partial charge in [-0.2, -0.15) is 61.5 Å². The summed E-state index contributed by atoms with van der Waals surface area (Å²) in [6, 6.07) is 0. The van der Waals surface area contributed by atoms with Crippen molar-refractivity contribution < 1.29 is 75.0 Å². The number of rotatable bonds is 12. The minimum absolute atomic E-state index is 0.0103. The van der Waals surface area contributed by atoms with Crippen LogP contribution in [0.25, 0.3) is 0 Å². The summed E-state index contributed by atoms with van der Waals surface area (Å²) < 4.78 is 214. The molecule has 35 heavy (non-hydrogen) atoms. The van der Waals surface area contributed by atoms with Gasteiger partial charge in [0.1, 0.15) is 0 Å². The number of nitrogens with zero attached hydrogens (tertiary/aromatic N) is 1. The van der Waals surface area contributed by atoms with Gasteiger partial charge < -0.3 is 0 Å². The minimum Gasteiger partial charge on any atom is -0.272 e. The van der Waals surface area contributed by atoms with Crippen LogP contribution in [-0.4, -0.2) is 60.0 Å². The van der Waals surface area contributed by atoms with Crippen molar-refractivity contribution in [2.24, 2.45) is 16.8 Å². The van der Waals surface area contributed by atoms with E-state index >= 15 is 0 Å². The molecule has 0 saturated heterocycles. The Labute approximate surface area is 186 Å². The second-order valence-electron chi connectivity index (χ2n) is 7.36. The molecule has 0 aliphatic heterocycles. The second kappa shape index (κ2) is 9.94. The molecule has 0 aromatic carbocycles. The van der Waals surface area contributed by atoms with Crippen molar-refractivity contribution in [3.8, 4) is 0 Å². The van der Waals surface area contributed by atoms with Crippen molar-refractivity contribution >= 4 is 12.1 Å². The first-order valence-electron chi connectivity index (χ1n) is 9.28. The van der Waals surface area contributed by atoms with E-state index < -0.39 is 72.0 Å². The molecule has 0 fully saturated rings. The second-order valence-corrected chi connectivity index (χ2v) is 7.36. The van der Waals surface area contributed by atoms with Crippen LogP contribution in [0.4, 0.5) is 70.2 Å². The lowest BCUT2D eigenvalue weighted by Crippen LogP contribution is -2.74. The van der Waals surface area contributed by atoms with Crippen LogP contribution in [0.3, 0.4) is 0 Å². The van der Waals surface area contributed by atoms with E-state index in [2.05, 4.69) is 4.99 Å². The fourth-order valence-electron chi connectivity index (χ4n) is 2.30. The molecule has 0 saturated carbocycles. The standard InChI is InChI=1S/C17H17F16NO/c1-4-7(3)9(35)34-6-8(5-2)11(20,21)13(24,25)15(28,29)17(32,33)16(30,31)14(26,27)12(22,23)10(18)19/h6-8,10H,4-5H2,1-3H3. The Hall–Kier alpha value is -1.78. The average molecular weight is 555 g/mol. The Morgan fingerprint density at radius 1 is 0.657 bits per heavy atom. The van der Waals surface area contributed by atoms with E-state index in [0.717, 1.165) is 6.92 Å². The van der Waals surface area contributed by atoms with Crippen LogP contribution >= 0.6 is 0 Å². The van der Waals surface area contributed by atoms with E-state index in [1.165, 1.54) is 6.92 Å². The average Bonchev–Trinajstić information content (AvgIpc) is 2.71. The lowest BCUT2D eigenvalue weighted by Gasteiger charge is -2.43. The van der Waals surface area contributed by atoms with E-state index in [0.29, 0.717) is 6.92 Å². The summed E-state index contributed by atoms with van der Waals surface area (Å²) in [6.07, 6.45) is -7.65. The zero-order chi connectivity index (χ0) is 28.6. The van der Waals surface area contributed by atoms with Gasteiger partial charge in [-0.05, 0) is 12.8 Å². The molecule has 0 rings (SSSR count). The van der Waals surface area contributed by atoms with Crippen molar-refractivity contribution in [1.82, 2.24) is 0 Å². The Kier molecular flexibility index (Phi) is 9.43. The molecule has 0 aromatic rings. The molecule has 2 atom stereocenters. The molecule has 0 aliphatic rings. The van der Waals surface area contributed by atoms with Crippen molar-refractivity contribution in [2.45, 2.75) is 81.5 Å². The number of alkyl halides is 16. The van der Waals surface area contributed by atoms with Crippen LogP contribution < -0.4 is 0 Å². The van der Waals surface area contributed by atoms with Gasteiger partial charge in [0, 0.05) is 12.1 Å². The van der Waals surface area contributed by atoms with Crippen LogP contribution in [0.5, 0.6) is 0 Å². The summed E-state index contributed by atoms with van der Waals surface area (Å²) in [5.74, 6) is -60.6. The quantitative estimate of drug-likeness (QED) is 0.183. The maximum Gasteiger partial charge on any atom is 0.384 e. The van der Waals surface area contributed by atoms with Crippen molar-refractivity contribution in [2.75, 3.05) is 0 Å². The Bertz CT molecular complexity index is 776. The summed E-state index contributed by atoms with van der Waals surface area (Å²) in [5, 5.41) is 0. The fraction of sp³-hybridized carbons (Fsp3) is 0.882. The number of halogens is 16. The number of hydrogen-bond donors (Lipinski definition) is 0. The maximum atomic E-state index is 14.2. The normalized spacial score (nSPS) is 17.3. The Morgan fingerprint density at radius 3 is 1.31 bits per heavy atom. The van der Waals surface area contributed by atoms with Crippen LogP contribution in [0.2, 0.25) is 0 Å². The lowest BCUT2D eigenvalue weighted by molar-refractivity contribution is -0.448. The summed E-state index contributed by atoms with van der Waals surface area (Å²) in [4.78, 5) is 14.3. The first kappa shape index (κ1) is 33.2. The predicted molar refractivity (Wildman–Crippen MR) is 87.4 cm³/mol. The summed E-state index contributed by atoms with van der Waals surface area (Å²) >= 11 is 0. The topological polar surface area (TPSA) is 29.4 Å². The molecule has 0 aliphatic carbocycles. The highest BCUT2D eigenvalue weighted by Crippen LogP contribution is 2.63. The highest BCUT2D eigenvalue weighted by atomic mass is 19.4. The van der Waals surface area contributed by atoms with Gasteiger partial charge in [-0.3, -0.25) is 4.79 Å². The zero-order valence-electron chi connectivity index (χ0n) is 17.6. The van der Waals surface area contributed by atoms with Gasteiger partial charge in [0.15, 0.2) is 0 Å². The molecule has 0 spiro atoms. The first-order valence-corrected chi connectivity index (χ1v) is 9.28. The van der Waals surface area contributed by atoms with E-state index in [1.807, 2.05) is 0 Å². The molecule has 0 heterocycles. The van der Waals surface area contributed by atoms with E-state index in [4.69, 9.17) is 0 Å². The van der Waals surface area contributed by atoms with Gasteiger partial charge in [-0.15, -0.1) is 0 Å². The Balaban J connectivity index is 6.69. The fourth-order valence-corrected chi connectivity index (χ4v) is 2.30. The highest BCUT2D eigenvalue weighted by molar-refractivity contribution is 5.87. The molecule has 0 N–H and O–H groups in total. The predicted octanol–water partition coefficient (Wildman–Crippen LogP) is 7.37. The first-order chi connectivity index (χ1) is 15.3. The number of hydrogen-bond acceptors (Lipinski definition) is 1. The van der Waals surface area contributed by atoms with E-state index in [9.17, 15) is 75.0 Å². The van der Waals surface area contributed by atoms with Crippen molar-refractivity contribution in [3.05, 3.63) is 0 Å². The molecule has 0 bridgehead atoms. The molecule has 208 valence electrons. The van der Waals surface area contributed by atoms with E-state index in [1.54, 1.807) is 0 Å². The zero-order valence-corrected chi connectivity index (χ0v) is 17.6. The van der Waals surface area contributed by atoms with Gasteiger partial charge in [0.05, 0.1) is 5.92 Å². The third kappa shape index (κ3) is 4.93. The van der Waals surface area contributed by atoms with Crippen LogP contribution in [-0.2, 0) is 4.79 Å². The SMILES string of the molecule is CCC(C)C(=O)N=CC(CC)C(F)(F)C(F)(F)C(F)(F)C(F)(F)C(F)(F)C(F)(F)C(F)(F)C(F)F. The molecule has 0 aromatic heterocycles. The Morgan fingerprint density at radius 2 is 1.00 bits per heavy atom. The van der Waals surface area contributed by atoms with Gasteiger partial charge in [0.25, 0.3) is 0 Å². The minimum atomic E-state index is -8.45. The van der Waals surface area contributed by atoms with Crippen molar-refractivity contribution in [3.63, 3.8) is 0 Å². The molecular formula is C17H17F16NO. The molecule has 2 nitrogen and oxygen atoms in total. The molecular weight excluding hydrogens is 538 g/mol. The third-order valence-electron chi connectivity index (χ3n) is 5.01. The maximum absolute atomic E-state index is 14.2. The third-order valence-corrected chi connectivity index (χ3v) is 5.01. The smallest absolute Gasteiger partial charge is 0.272 e. The van der Waals surface area contributed by atoms with E-state index in [-0.39, 0.29) is 12.6 Å². The van der Waals surface area contributed by atoms with Crippen LogP contribution in [0.1, 0.15) is 33.6 Å². The summed E-state index contributed by atoms with van der Waals surface area (Å²) in [5.41, 5.74) is 0. The monoisotopic (exact) mass is 555 g/mol. The molecule has 2 unspecified atom stereocenters. The highest BCUT2D eigenvalue weighted by Gasteiger charge is 2.93. The molecule has 18 heteroatoms. The van der Waals surface area contributed by atoms with Gasteiger partial charge >= 0.3 is 47.9 Å². The number of aliphatic imine (C=N–C) groups is 1. The largest absolute Gasteiger partial charge is 0.384 e. The number of carbonyl (C=O) groups excluding carboxylic acids is 1. The van der Waals surface area contributed by atoms with Gasteiger partial charge in [0.2, 0.25) is 5.91 Å². The van der Waals surface area contributed by atoms with Crippen LogP contribution in [0.15, 0.2) is 4.99 Å². The van der Waals surface area contributed by atoms with Gasteiger partial charge in [-0.25, -0.2) is 13.8 Å². The lowest BCUT2D eigenvalue weighted by atomic mass is 9.84. The number of carbonyl (C=O) groups is 1. The molecule has 0 radical (unpaired) electrons. The summed E-state index contributed by atoms with van der Waals surface area (Å²) in [7, 11) is 0. The van der Waals surface area contributed by atoms with Crippen molar-refractivity contribution in [1.29, 1.82) is 0 Å². The molecule has 1 amide bonds. The summed E-state index contributed by atoms with van der Waals surface area (Å²) in [6.45, 7) is 3.06. The van der Waals surface area contributed by atoms with Gasteiger partial charge in [-0.1, -0.05) is 20.8 Å².